The van der Waals surface area contributed by atoms with Crippen molar-refractivity contribution in [2.75, 3.05) is 4.90 Å². The highest BCUT2D eigenvalue weighted by Gasteiger charge is 2.40. The SMILES string of the molecule is CC1(C)c2ccccc2-c2ccc(N3c4ccc(-c5ccc(-c6ccccc6)cc5)cc4C(C)(C)c4cc(-c5ccc(-c6ccccc6)cc5)ccc43)cc21. The summed E-state index contributed by atoms with van der Waals surface area (Å²) in [4.78, 5) is 2.51. The molecule has 0 spiro atoms. The Kier molecular flexibility index (Phi) is 7.58. The summed E-state index contributed by atoms with van der Waals surface area (Å²) >= 11 is 0. The summed E-state index contributed by atoms with van der Waals surface area (Å²) < 4.78 is 0. The van der Waals surface area contributed by atoms with E-state index in [1.54, 1.807) is 0 Å². The first-order chi connectivity index (χ1) is 26.8. The van der Waals surface area contributed by atoms with Crippen molar-refractivity contribution in [2.24, 2.45) is 0 Å². The van der Waals surface area contributed by atoms with Crippen LogP contribution in [0.2, 0.25) is 0 Å². The van der Waals surface area contributed by atoms with Gasteiger partial charge in [-0.15, -0.1) is 0 Å². The predicted octanol–water partition coefficient (Wildman–Crippen LogP) is 14.8. The first kappa shape index (κ1) is 33.2. The van der Waals surface area contributed by atoms with Gasteiger partial charge in [0.2, 0.25) is 0 Å². The van der Waals surface area contributed by atoms with Gasteiger partial charge in [-0.05, 0) is 114 Å². The van der Waals surface area contributed by atoms with Gasteiger partial charge in [-0.2, -0.15) is 0 Å². The van der Waals surface area contributed by atoms with Gasteiger partial charge >= 0.3 is 0 Å². The van der Waals surface area contributed by atoms with Crippen LogP contribution in [-0.4, -0.2) is 0 Å². The average molecular weight is 706 g/mol. The first-order valence-electron chi connectivity index (χ1n) is 19.4. The zero-order valence-corrected chi connectivity index (χ0v) is 31.8. The second kappa shape index (κ2) is 12.6. The predicted molar refractivity (Wildman–Crippen MR) is 233 cm³/mol. The van der Waals surface area contributed by atoms with Crippen LogP contribution in [0.5, 0.6) is 0 Å². The Morgan fingerprint density at radius 3 is 1.18 bits per heavy atom. The molecular weight excluding hydrogens is 663 g/mol. The highest BCUT2D eigenvalue weighted by molar-refractivity contribution is 5.91. The Morgan fingerprint density at radius 2 is 0.673 bits per heavy atom. The van der Waals surface area contributed by atoms with Gasteiger partial charge in [0.25, 0.3) is 0 Å². The summed E-state index contributed by atoms with van der Waals surface area (Å²) in [5.74, 6) is 0. The topological polar surface area (TPSA) is 3.24 Å². The molecule has 0 radical (unpaired) electrons. The van der Waals surface area contributed by atoms with Crippen LogP contribution < -0.4 is 4.90 Å². The molecule has 0 fully saturated rings. The molecule has 1 aliphatic heterocycles. The second-order valence-corrected chi connectivity index (χ2v) is 16.2. The summed E-state index contributed by atoms with van der Waals surface area (Å²) in [6.45, 7) is 9.53. The monoisotopic (exact) mass is 705 g/mol. The molecule has 0 N–H and O–H groups in total. The number of hydrogen-bond donors (Lipinski definition) is 0. The molecule has 1 heteroatoms. The van der Waals surface area contributed by atoms with Crippen LogP contribution in [-0.2, 0) is 10.8 Å². The molecule has 0 aromatic heterocycles. The van der Waals surface area contributed by atoms with Crippen LogP contribution in [0, 0.1) is 0 Å². The maximum atomic E-state index is 2.51. The smallest absolute Gasteiger partial charge is 0.0503 e. The molecule has 0 saturated heterocycles. The van der Waals surface area contributed by atoms with Crippen LogP contribution >= 0.6 is 0 Å². The summed E-state index contributed by atoms with van der Waals surface area (Å²) in [7, 11) is 0. The minimum atomic E-state index is -0.257. The van der Waals surface area contributed by atoms with E-state index in [0.29, 0.717) is 0 Å². The lowest BCUT2D eigenvalue weighted by Crippen LogP contribution is -2.31. The number of anilines is 3. The molecule has 0 bridgehead atoms. The van der Waals surface area contributed by atoms with Crippen LogP contribution in [0.1, 0.15) is 49.9 Å². The summed E-state index contributed by atoms with van der Waals surface area (Å²) in [6.07, 6.45) is 0. The quantitative estimate of drug-likeness (QED) is 0.172. The van der Waals surface area contributed by atoms with Crippen molar-refractivity contribution in [2.45, 2.75) is 38.5 Å². The van der Waals surface area contributed by atoms with Crippen LogP contribution in [0.15, 0.2) is 188 Å². The van der Waals surface area contributed by atoms with Gasteiger partial charge in [-0.25, -0.2) is 0 Å². The molecule has 264 valence electrons. The molecular formula is C54H43N. The standard InChI is InChI=1S/C54H43N/c1-53(2)47-18-12-11-17-45(47)46-30-29-44(35-48(46)53)55-51-31-27-42(40-23-19-38(20-24-40)36-13-7-5-8-14-36)33-49(51)54(3,4)50-34-43(28-32-52(50)55)41-25-21-39(22-26-41)37-15-9-6-10-16-37/h5-35H,1-4H3. The van der Waals surface area contributed by atoms with E-state index in [9.17, 15) is 0 Å². The zero-order chi connectivity index (χ0) is 37.3. The molecule has 1 heterocycles. The molecule has 8 aromatic carbocycles. The third-order valence-corrected chi connectivity index (χ3v) is 12.3. The highest BCUT2D eigenvalue weighted by atomic mass is 15.2. The minimum Gasteiger partial charge on any atom is -0.310 e. The van der Waals surface area contributed by atoms with E-state index in [1.807, 2.05) is 0 Å². The van der Waals surface area contributed by atoms with Crippen molar-refractivity contribution >= 4 is 17.1 Å². The molecule has 0 saturated carbocycles. The van der Waals surface area contributed by atoms with E-state index in [0.717, 1.165) is 0 Å². The summed E-state index contributed by atoms with van der Waals surface area (Å²) in [6, 6.07) is 69.5. The fourth-order valence-corrected chi connectivity index (χ4v) is 9.18. The lowest BCUT2D eigenvalue weighted by Gasteiger charge is -2.43. The Labute approximate surface area is 325 Å². The van der Waals surface area contributed by atoms with E-state index in [4.69, 9.17) is 0 Å². The third-order valence-electron chi connectivity index (χ3n) is 12.3. The van der Waals surface area contributed by atoms with E-state index in [-0.39, 0.29) is 10.8 Å². The maximum absolute atomic E-state index is 2.51. The van der Waals surface area contributed by atoms with Crippen LogP contribution in [0.25, 0.3) is 55.6 Å². The molecule has 2 aliphatic rings. The van der Waals surface area contributed by atoms with Gasteiger partial charge in [0.05, 0.1) is 11.4 Å². The maximum Gasteiger partial charge on any atom is 0.0503 e. The Bertz CT molecular complexity index is 2580. The first-order valence-corrected chi connectivity index (χ1v) is 19.4. The Balaban J connectivity index is 1.11. The van der Waals surface area contributed by atoms with Crippen molar-refractivity contribution < 1.29 is 0 Å². The van der Waals surface area contributed by atoms with E-state index in [2.05, 4.69) is 221 Å². The molecule has 1 aliphatic carbocycles. The van der Waals surface area contributed by atoms with Gasteiger partial charge in [0.15, 0.2) is 0 Å². The number of nitrogens with zero attached hydrogens (tertiary/aromatic N) is 1. The molecule has 0 amide bonds. The molecule has 1 nitrogen and oxygen atoms in total. The number of fused-ring (bicyclic) bond motifs is 5. The zero-order valence-electron chi connectivity index (χ0n) is 31.8. The van der Waals surface area contributed by atoms with E-state index >= 15 is 0 Å². The van der Waals surface area contributed by atoms with Gasteiger partial charge in [0.1, 0.15) is 0 Å². The van der Waals surface area contributed by atoms with Crippen LogP contribution in [0.3, 0.4) is 0 Å². The number of hydrogen-bond acceptors (Lipinski definition) is 1. The molecule has 0 atom stereocenters. The summed E-state index contributed by atoms with van der Waals surface area (Å²) in [5, 5.41) is 0. The Hall–Kier alpha value is -6.44. The van der Waals surface area contributed by atoms with Gasteiger partial charge in [-0.1, -0.05) is 179 Å². The van der Waals surface area contributed by atoms with Gasteiger partial charge in [-0.3, -0.25) is 0 Å². The highest BCUT2D eigenvalue weighted by Crippen LogP contribution is 2.56. The van der Waals surface area contributed by atoms with E-state index < -0.39 is 0 Å². The number of benzene rings is 8. The lowest BCUT2D eigenvalue weighted by atomic mass is 9.72. The van der Waals surface area contributed by atoms with Gasteiger partial charge < -0.3 is 4.90 Å². The molecule has 55 heavy (non-hydrogen) atoms. The van der Waals surface area contributed by atoms with Crippen molar-refractivity contribution in [1.29, 1.82) is 0 Å². The minimum absolute atomic E-state index is 0.0891. The fourth-order valence-electron chi connectivity index (χ4n) is 9.18. The average Bonchev–Trinajstić information content (AvgIpc) is 3.47. The van der Waals surface area contributed by atoms with Crippen LogP contribution in [0.4, 0.5) is 17.1 Å². The summed E-state index contributed by atoms with van der Waals surface area (Å²) in [5.41, 5.74) is 21.3. The lowest BCUT2D eigenvalue weighted by molar-refractivity contribution is 0.632. The molecule has 0 unspecified atom stereocenters. The van der Waals surface area contributed by atoms with E-state index in [1.165, 1.54) is 95.0 Å². The van der Waals surface area contributed by atoms with Crippen molar-refractivity contribution in [1.82, 2.24) is 0 Å². The van der Waals surface area contributed by atoms with Crippen molar-refractivity contribution in [3.05, 3.63) is 210 Å². The fraction of sp³-hybridized carbons (Fsp3) is 0.111. The molecule has 8 aromatic rings. The largest absolute Gasteiger partial charge is 0.310 e. The normalized spacial score (nSPS) is 14.4. The second-order valence-electron chi connectivity index (χ2n) is 16.2. The third kappa shape index (κ3) is 5.37. The number of rotatable bonds is 5. The Morgan fingerprint density at radius 1 is 0.291 bits per heavy atom. The molecule has 10 rings (SSSR count). The van der Waals surface area contributed by atoms with Crippen molar-refractivity contribution in [3.8, 4) is 55.6 Å². The van der Waals surface area contributed by atoms with Crippen molar-refractivity contribution in [3.63, 3.8) is 0 Å². The van der Waals surface area contributed by atoms with Gasteiger partial charge in [0, 0.05) is 16.5 Å².